The maximum absolute atomic E-state index is 12.5. The second-order valence-electron chi connectivity index (χ2n) is 6.16. The Morgan fingerprint density at radius 3 is 2.68 bits per heavy atom. The van der Waals surface area contributed by atoms with E-state index in [1.165, 1.54) is 11.8 Å². The quantitative estimate of drug-likeness (QED) is 0.547. The Bertz CT molecular complexity index is 894. The molecule has 0 unspecified atom stereocenters. The zero-order chi connectivity index (χ0) is 20.1. The predicted molar refractivity (Wildman–Crippen MR) is 106 cm³/mol. The molecule has 3 rings (SSSR count). The first-order valence-corrected chi connectivity index (χ1v) is 10.1. The molecule has 2 aromatic rings. The number of aromatic nitrogens is 3. The van der Waals surface area contributed by atoms with E-state index in [1.807, 2.05) is 48.7 Å². The SMILES string of the molecule is CCOC(=O)C1=C(CSc2nnc(C)n2-c2ccccc2)NC(=O)N[C@@H]1CC. The van der Waals surface area contributed by atoms with Gasteiger partial charge in [-0.3, -0.25) is 4.57 Å². The van der Waals surface area contributed by atoms with Crippen LogP contribution in [0.3, 0.4) is 0 Å². The van der Waals surface area contributed by atoms with E-state index in [0.717, 1.165) is 11.5 Å². The molecule has 0 saturated heterocycles. The van der Waals surface area contributed by atoms with Gasteiger partial charge in [-0.15, -0.1) is 10.2 Å². The van der Waals surface area contributed by atoms with E-state index < -0.39 is 5.97 Å². The molecule has 0 saturated carbocycles. The second kappa shape index (κ2) is 8.92. The van der Waals surface area contributed by atoms with Crippen LogP contribution in [-0.2, 0) is 9.53 Å². The fourth-order valence-corrected chi connectivity index (χ4v) is 3.99. The third-order valence-electron chi connectivity index (χ3n) is 4.30. The highest BCUT2D eigenvalue weighted by Gasteiger charge is 2.31. The number of carbonyl (C=O) groups is 2. The van der Waals surface area contributed by atoms with Crippen molar-refractivity contribution in [2.24, 2.45) is 0 Å². The fraction of sp³-hybridized carbons (Fsp3) is 0.368. The molecule has 1 atom stereocenters. The lowest BCUT2D eigenvalue weighted by molar-refractivity contribution is -0.139. The number of hydrogen-bond acceptors (Lipinski definition) is 6. The molecule has 2 amide bonds. The Morgan fingerprint density at radius 1 is 1.25 bits per heavy atom. The number of amides is 2. The molecule has 2 N–H and O–H groups in total. The highest BCUT2D eigenvalue weighted by atomic mass is 32.2. The van der Waals surface area contributed by atoms with Gasteiger partial charge in [0.15, 0.2) is 5.16 Å². The average Bonchev–Trinajstić information content (AvgIpc) is 3.07. The van der Waals surface area contributed by atoms with Gasteiger partial charge in [0.25, 0.3) is 0 Å². The van der Waals surface area contributed by atoms with Crippen molar-refractivity contribution in [3.63, 3.8) is 0 Å². The molecule has 1 aliphatic heterocycles. The number of benzene rings is 1. The molecule has 28 heavy (non-hydrogen) atoms. The third kappa shape index (κ3) is 4.19. The Balaban J connectivity index is 1.89. The molecule has 0 fully saturated rings. The van der Waals surface area contributed by atoms with E-state index in [-0.39, 0.29) is 18.7 Å². The van der Waals surface area contributed by atoms with E-state index in [1.54, 1.807) is 6.92 Å². The molecule has 1 aromatic heterocycles. The summed E-state index contributed by atoms with van der Waals surface area (Å²) in [6, 6.07) is 9.09. The number of aryl methyl sites for hydroxylation is 1. The van der Waals surface area contributed by atoms with Crippen molar-refractivity contribution in [2.45, 2.75) is 38.4 Å². The largest absolute Gasteiger partial charge is 0.463 e. The monoisotopic (exact) mass is 401 g/mol. The van der Waals surface area contributed by atoms with Gasteiger partial charge < -0.3 is 15.4 Å². The number of esters is 1. The number of hydrogen-bond donors (Lipinski definition) is 2. The summed E-state index contributed by atoms with van der Waals surface area (Å²) in [4.78, 5) is 24.5. The highest BCUT2D eigenvalue weighted by molar-refractivity contribution is 7.99. The second-order valence-corrected chi connectivity index (χ2v) is 7.10. The summed E-state index contributed by atoms with van der Waals surface area (Å²) in [7, 11) is 0. The lowest BCUT2D eigenvalue weighted by Crippen LogP contribution is -2.50. The summed E-state index contributed by atoms with van der Waals surface area (Å²) in [5, 5.41) is 14.6. The normalized spacial score (nSPS) is 16.5. The van der Waals surface area contributed by atoms with Crippen molar-refractivity contribution in [3.8, 4) is 5.69 Å². The lowest BCUT2D eigenvalue weighted by atomic mass is 10.0. The number of carbonyl (C=O) groups excluding carboxylic acids is 2. The summed E-state index contributed by atoms with van der Waals surface area (Å²) in [6.45, 7) is 5.82. The van der Waals surface area contributed by atoms with Crippen LogP contribution in [0, 0.1) is 6.92 Å². The molecular weight excluding hydrogens is 378 g/mol. The zero-order valence-corrected chi connectivity index (χ0v) is 16.9. The van der Waals surface area contributed by atoms with Crippen molar-refractivity contribution in [1.82, 2.24) is 25.4 Å². The number of nitrogens with one attached hydrogen (secondary N) is 2. The molecular formula is C19H23N5O3S. The summed E-state index contributed by atoms with van der Waals surface area (Å²) >= 11 is 1.40. The van der Waals surface area contributed by atoms with Gasteiger partial charge in [0.05, 0.1) is 18.2 Å². The zero-order valence-electron chi connectivity index (χ0n) is 16.1. The Kier molecular flexibility index (Phi) is 6.35. The average molecular weight is 401 g/mol. The molecule has 9 heteroatoms. The van der Waals surface area contributed by atoms with Crippen molar-refractivity contribution in [3.05, 3.63) is 47.4 Å². The number of nitrogens with zero attached hydrogens (tertiary/aromatic N) is 3. The third-order valence-corrected chi connectivity index (χ3v) is 5.26. The van der Waals surface area contributed by atoms with E-state index in [4.69, 9.17) is 4.74 Å². The van der Waals surface area contributed by atoms with Crippen LogP contribution < -0.4 is 10.6 Å². The van der Waals surface area contributed by atoms with Crippen molar-refractivity contribution < 1.29 is 14.3 Å². The molecule has 8 nitrogen and oxygen atoms in total. The predicted octanol–water partition coefficient (Wildman–Crippen LogP) is 2.58. The molecule has 1 aromatic carbocycles. The fourth-order valence-electron chi connectivity index (χ4n) is 3.02. The van der Waals surface area contributed by atoms with Crippen LogP contribution in [0.1, 0.15) is 26.1 Å². The van der Waals surface area contributed by atoms with Gasteiger partial charge in [-0.25, -0.2) is 9.59 Å². The van der Waals surface area contributed by atoms with Gasteiger partial charge in [0.1, 0.15) is 5.82 Å². The van der Waals surface area contributed by atoms with Gasteiger partial charge in [-0.1, -0.05) is 36.9 Å². The van der Waals surface area contributed by atoms with Crippen LogP contribution in [0.2, 0.25) is 0 Å². The highest BCUT2D eigenvalue weighted by Crippen LogP contribution is 2.26. The molecule has 0 aliphatic carbocycles. The standard InChI is InChI=1S/C19H23N5O3S/c1-4-14-16(17(25)27-5-2)15(21-18(26)20-14)11-28-19-23-22-12(3)24(19)13-9-7-6-8-10-13/h6-10,14H,4-5,11H2,1-3H3,(H2,20,21,26)/t14-/m1/s1. The van der Waals surface area contributed by atoms with Gasteiger partial charge in [-0.05, 0) is 32.4 Å². The number of rotatable bonds is 7. The minimum absolute atomic E-state index is 0.272. The molecule has 148 valence electrons. The van der Waals surface area contributed by atoms with Crippen molar-refractivity contribution in [2.75, 3.05) is 12.4 Å². The smallest absolute Gasteiger partial charge is 0.337 e. The van der Waals surface area contributed by atoms with Crippen LogP contribution in [-0.4, -0.2) is 45.2 Å². The Morgan fingerprint density at radius 2 is 2.00 bits per heavy atom. The first-order valence-electron chi connectivity index (χ1n) is 9.13. The maximum atomic E-state index is 12.5. The maximum Gasteiger partial charge on any atom is 0.337 e. The first kappa shape index (κ1) is 19.9. The Labute approximate surface area is 167 Å². The summed E-state index contributed by atoms with van der Waals surface area (Å²) in [5.74, 6) is 0.704. The first-order chi connectivity index (χ1) is 13.5. The van der Waals surface area contributed by atoms with Gasteiger partial charge >= 0.3 is 12.0 Å². The van der Waals surface area contributed by atoms with E-state index in [0.29, 0.717) is 28.6 Å². The van der Waals surface area contributed by atoms with Gasteiger partial charge in [0.2, 0.25) is 0 Å². The number of thioether (sulfide) groups is 1. The van der Waals surface area contributed by atoms with Crippen LogP contribution in [0.25, 0.3) is 5.69 Å². The van der Waals surface area contributed by atoms with Crippen LogP contribution >= 0.6 is 11.8 Å². The van der Waals surface area contributed by atoms with E-state index in [9.17, 15) is 9.59 Å². The molecule has 0 spiro atoms. The topological polar surface area (TPSA) is 98.1 Å². The molecule has 1 aliphatic rings. The summed E-state index contributed by atoms with van der Waals surface area (Å²) in [5.41, 5.74) is 1.95. The summed E-state index contributed by atoms with van der Waals surface area (Å²) in [6.07, 6.45) is 0.592. The van der Waals surface area contributed by atoms with Crippen LogP contribution in [0.4, 0.5) is 4.79 Å². The Hall–Kier alpha value is -2.81. The van der Waals surface area contributed by atoms with E-state index in [2.05, 4.69) is 20.8 Å². The van der Waals surface area contributed by atoms with Crippen LogP contribution in [0.15, 0.2) is 46.8 Å². The van der Waals surface area contributed by atoms with Crippen molar-refractivity contribution >= 4 is 23.8 Å². The van der Waals surface area contributed by atoms with Gasteiger partial charge in [-0.2, -0.15) is 0 Å². The molecule has 0 bridgehead atoms. The van der Waals surface area contributed by atoms with E-state index >= 15 is 0 Å². The molecule has 0 radical (unpaired) electrons. The number of para-hydroxylation sites is 1. The number of ether oxygens (including phenoxy) is 1. The van der Waals surface area contributed by atoms with Crippen molar-refractivity contribution in [1.29, 1.82) is 0 Å². The summed E-state index contributed by atoms with van der Waals surface area (Å²) < 4.78 is 7.14. The molecule has 2 heterocycles. The minimum atomic E-state index is -0.418. The van der Waals surface area contributed by atoms with Gasteiger partial charge in [0, 0.05) is 17.1 Å². The number of urea groups is 1. The lowest BCUT2D eigenvalue weighted by Gasteiger charge is -2.28. The minimum Gasteiger partial charge on any atom is -0.463 e. The van der Waals surface area contributed by atoms with Crippen LogP contribution in [0.5, 0.6) is 0 Å².